The minimum absolute atomic E-state index is 0.160. The lowest BCUT2D eigenvalue weighted by Crippen LogP contribution is -2.11. The van der Waals surface area contributed by atoms with Crippen LogP contribution >= 0.6 is 0 Å². The van der Waals surface area contributed by atoms with Crippen LogP contribution in [0.2, 0.25) is 0 Å². The minimum Gasteiger partial charge on any atom is -0.379 e. The number of nitrogens with one attached hydrogen (secondary N) is 1. The van der Waals surface area contributed by atoms with Crippen LogP contribution in [0.5, 0.6) is 0 Å². The fourth-order valence-electron chi connectivity index (χ4n) is 1.37. The van der Waals surface area contributed by atoms with Crippen LogP contribution in [-0.2, 0) is 4.74 Å². The van der Waals surface area contributed by atoms with Gasteiger partial charge in [0.25, 0.3) is 0 Å². The number of hydrogen-bond acceptors (Lipinski definition) is 4. The van der Waals surface area contributed by atoms with Crippen molar-refractivity contribution in [2.45, 2.75) is 6.42 Å². The Morgan fingerprint density at radius 2 is 2.28 bits per heavy atom. The first-order chi connectivity index (χ1) is 8.66. The number of nitro benzene ring substituents is 1. The van der Waals surface area contributed by atoms with Crippen LogP contribution in [-0.4, -0.2) is 24.7 Å². The quantitative estimate of drug-likeness (QED) is 0.335. The first-order valence-corrected chi connectivity index (χ1v) is 5.52. The molecule has 0 saturated heterocycles. The normalized spacial score (nSPS) is 10.1. The van der Waals surface area contributed by atoms with Crippen LogP contribution in [0.25, 0.3) is 0 Å². The molecule has 0 heterocycles. The maximum Gasteiger partial charge on any atom is 0.327 e. The molecule has 0 aliphatic carbocycles. The molecule has 0 aliphatic heterocycles. The van der Waals surface area contributed by atoms with E-state index in [0.29, 0.717) is 19.8 Å². The molecule has 1 aromatic rings. The third-order valence-electron chi connectivity index (χ3n) is 2.20. The number of nitrogens with zero attached hydrogens (tertiary/aromatic N) is 1. The van der Waals surface area contributed by atoms with E-state index < -0.39 is 16.4 Å². The van der Waals surface area contributed by atoms with Crippen molar-refractivity contribution in [1.82, 2.24) is 0 Å². The molecule has 1 N–H and O–H groups in total. The van der Waals surface area contributed by atoms with E-state index in [0.717, 1.165) is 12.5 Å². The van der Waals surface area contributed by atoms with Gasteiger partial charge < -0.3 is 10.1 Å². The van der Waals surface area contributed by atoms with Crippen molar-refractivity contribution >= 4 is 11.4 Å². The van der Waals surface area contributed by atoms with Crippen LogP contribution in [0.15, 0.2) is 30.9 Å². The number of ether oxygens (including phenoxy) is 1. The number of rotatable bonds is 8. The highest BCUT2D eigenvalue weighted by Gasteiger charge is 2.19. The molecule has 1 aromatic carbocycles. The number of anilines is 1. The molecule has 5 nitrogen and oxygen atoms in total. The number of para-hydroxylation sites is 1. The zero-order valence-corrected chi connectivity index (χ0v) is 9.89. The molecule has 0 radical (unpaired) electrons. The van der Waals surface area contributed by atoms with Gasteiger partial charge in [-0.1, -0.05) is 12.1 Å². The van der Waals surface area contributed by atoms with Gasteiger partial charge in [0.2, 0.25) is 5.82 Å². The average Bonchev–Trinajstić information content (AvgIpc) is 2.33. The van der Waals surface area contributed by atoms with Gasteiger partial charge in [-0.3, -0.25) is 10.1 Å². The van der Waals surface area contributed by atoms with Gasteiger partial charge in [0, 0.05) is 6.54 Å². The van der Waals surface area contributed by atoms with Crippen molar-refractivity contribution in [3.63, 3.8) is 0 Å². The summed E-state index contributed by atoms with van der Waals surface area (Å²) in [4.78, 5) is 9.96. The summed E-state index contributed by atoms with van der Waals surface area (Å²) in [5.41, 5.74) is -0.379. The molecular weight excluding hydrogens is 239 g/mol. The van der Waals surface area contributed by atoms with Crippen molar-refractivity contribution in [2.24, 2.45) is 0 Å². The van der Waals surface area contributed by atoms with Gasteiger partial charge in [-0.2, -0.15) is 4.39 Å². The Hall–Kier alpha value is -1.95. The van der Waals surface area contributed by atoms with Crippen LogP contribution in [0.1, 0.15) is 6.42 Å². The lowest BCUT2D eigenvalue weighted by atomic mass is 10.2. The average molecular weight is 254 g/mol. The Labute approximate surface area is 104 Å². The van der Waals surface area contributed by atoms with E-state index in [1.807, 2.05) is 0 Å². The van der Waals surface area contributed by atoms with Gasteiger partial charge in [0.05, 0.1) is 18.1 Å². The fraction of sp³-hybridized carbons (Fsp3) is 0.333. The molecule has 0 amide bonds. The first-order valence-electron chi connectivity index (χ1n) is 5.52. The molecule has 0 spiro atoms. The standard InChI is InChI=1S/C12H15FN2O3/c1-2-3-8-18-9-7-14-11-6-4-5-10(13)12(11)15(16)17/h2,4-6,14H,1,3,7-9H2. The zero-order valence-electron chi connectivity index (χ0n) is 9.89. The minimum atomic E-state index is -0.849. The SMILES string of the molecule is C=CCCOCCNc1cccc(F)c1[N+](=O)[O-]. The Morgan fingerprint density at radius 3 is 2.94 bits per heavy atom. The van der Waals surface area contributed by atoms with E-state index >= 15 is 0 Å². The predicted octanol–water partition coefficient (Wildman–Crippen LogP) is 2.74. The number of halogens is 1. The van der Waals surface area contributed by atoms with Crippen LogP contribution in [0.3, 0.4) is 0 Å². The molecule has 98 valence electrons. The molecule has 0 unspecified atom stereocenters. The topological polar surface area (TPSA) is 64.4 Å². The lowest BCUT2D eigenvalue weighted by Gasteiger charge is -2.07. The number of hydrogen-bond donors (Lipinski definition) is 1. The Bertz CT molecular complexity index is 424. The molecule has 1 rings (SSSR count). The summed E-state index contributed by atoms with van der Waals surface area (Å²) in [6, 6.07) is 3.94. The zero-order chi connectivity index (χ0) is 13.4. The monoisotopic (exact) mass is 254 g/mol. The van der Waals surface area contributed by atoms with E-state index in [2.05, 4.69) is 11.9 Å². The summed E-state index contributed by atoms with van der Waals surface area (Å²) >= 11 is 0. The molecule has 6 heteroatoms. The molecular formula is C12H15FN2O3. The first kappa shape index (κ1) is 14.1. The van der Waals surface area contributed by atoms with Gasteiger partial charge in [-0.15, -0.1) is 6.58 Å². The summed E-state index contributed by atoms with van der Waals surface area (Å²) in [7, 11) is 0. The maximum atomic E-state index is 13.3. The van der Waals surface area contributed by atoms with E-state index in [-0.39, 0.29) is 5.69 Å². The van der Waals surface area contributed by atoms with E-state index in [9.17, 15) is 14.5 Å². The smallest absolute Gasteiger partial charge is 0.327 e. The van der Waals surface area contributed by atoms with Crippen molar-refractivity contribution in [3.05, 3.63) is 46.8 Å². The van der Waals surface area contributed by atoms with E-state index in [1.54, 1.807) is 6.08 Å². The van der Waals surface area contributed by atoms with Crippen molar-refractivity contribution in [2.75, 3.05) is 25.1 Å². The van der Waals surface area contributed by atoms with Crippen molar-refractivity contribution in [3.8, 4) is 0 Å². The molecule has 0 bridgehead atoms. The summed E-state index contributed by atoms with van der Waals surface area (Å²) in [5, 5.41) is 13.5. The summed E-state index contributed by atoms with van der Waals surface area (Å²) in [6.45, 7) is 4.87. The van der Waals surface area contributed by atoms with Gasteiger partial charge in [0.15, 0.2) is 0 Å². The second-order valence-corrected chi connectivity index (χ2v) is 3.51. The Kier molecular flexibility index (Phi) is 5.79. The highest BCUT2D eigenvalue weighted by molar-refractivity contribution is 5.61. The molecule has 18 heavy (non-hydrogen) atoms. The third kappa shape index (κ3) is 4.14. The van der Waals surface area contributed by atoms with Gasteiger partial charge in [-0.25, -0.2) is 0 Å². The molecule has 0 saturated carbocycles. The maximum absolute atomic E-state index is 13.3. The Balaban J connectivity index is 2.49. The second kappa shape index (κ2) is 7.39. The van der Waals surface area contributed by atoms with Crippen molar-refractivity contribution in [1.29, 1.82) is 0 Å². The molecule has 0 aromatic heterocycles. The van der Waals surface area contributed by atoms with Crippen LogP contribution in [0.4, 0.5) is 15.8 Å². The van der Waals surface area contributed by atoms with Crippen LogP contribution < -0.4 is 5.32 Å². The largest absolute Gasteiger partial charge is 0.379 e. The van der Waals surface area contributed by atoms with Gasteiger partial charge in [0.1, 0.15) is 5.69 Å². The highest BCUT2D eigenvalue weighted by Crippen LogP contribution is 2.26. The van der Waals surface area contributed by atoms with Crippen LogP contribution in [0, 0.1) is 15.9 Å². The van der Waals surface area contributed by atoms with Gasteiger partial charge in [-0.05, 0) is 18.6 Å². The summed E-state index contributed by atoms with van der Waals surface area (Å²) < 4.78 is 18.5. The van der Waals surface area contributed by atoms with E-state index in [4.69, 9.17) is 4.74 Å². The number of benzene rings is 1. The summed E-state index contributed by atoms with van der Waals surface area (Å²) in [6.07, 6.45) is 2.49. The predicted molar refractivity (Wildman–Crippen MR) is 67.2 cm³/mol. The molecule has 0 atom stereocenters. The Morgan fingerprint density at radius 1 is 1.50 bits per heavy atom. The lowest BCUT2D eigenvalue weighted by molar-refractivity contribution is -0.386. The number of nitro groups is 1. The second-order valence-electron chi connectivity index (χ2n) is 3.51. The van der Waals surface area contributed by atoms with Gasteiger partial charge >= 0.3 is 5.69 Å². The highest BCUT2D eigenvalue weighted by atomic mass is 19.1. The van der Waals surface area contributed by atoms with E-state index in [1.165, 1.54) is 12.1 Å². The summed E-state index contributed by atoms with van der Waals surface area (Å²) in [5.74, 6) is -0.849. The third-order valence-corrected chi connectivity index (χ3v) is 2.20. The molecule has 0 aliphatic rings. The van der Waals surface area contributed by atoms with Crippen molar-refractivity contribution < 1.29 is 14.1 Å². The fourth-order valence-corrected chi connectivity index (χ4v) is 1.37. The molecule has 0 fully saturated rings.